The number of amides is 1. The largest absolute Gasteiger partial charge is 0.478 e. The number of carbonyl (C=O) groups excluding carboxylic acids is 1. The van der Waals surface area contributed by atoms with Crippen molar-refractivity contribution in [2.45, 2.75) is 26.3 Å². The van der Waals surface area contributed by atoms with Crippen LogP contribution >= 0.6 is 0 Å². The van der Waals surface area contributed by atoms with Gasteiger partial charge in [-0.05, 0) is 42.2 Å². The number of carboxylic acids is 1. The van der Waals surface area contributed by atoms with Crippen LogP contribution < -0.4 is 0 Å². The summed E-state index contributed by atoms with van der Waals surface area (Å²) in [5.74, 6) is -0.866. The molecule has 1 N–H and O–H groups in total. The molecule has 0 unspecified atom stereocenters. The first-order chi connectivity index (χ1) is 11.0. The summed E-state index contributed by atoms with van der Waals surface area (Å²) in [5.41, 5.74) is 3.57. The minimum absolute atomic E-state index is 0.0792. The minimum Gasteiger partial charge on any atom is -0.478 e. The number of aryl methyl sites for hydroxylation is 2. The molecule has 2 aromatic carbocycles. The number of hydrogen-bond donors (Lipinski definition) is 1. The van der Waals surface area contributed by atoms with Crippen molar-refractivity contribution in [3.8, 4) is 0 Å². The molecule has 0 bridgehead atoms. The van der Waals surface area contributed by atoms with Crippen LogP contribution in [-0.2, 0) is 17.8 Å². The Morgan fingerprint density at radius 1 is 1.04 bits per heavy atom. The molecule has 0 aliphatic rings. The van der Waals surface area contributed by atoms with Gasteiger partial charge < -0.3 is 10.0 Å². The monoisotopic (exact) mass is 311 g/mol. The van der Waals surface area contributed by atoms with Crippen LogP contribution in [0.4, 0.5) is 0 Å². The summed E-state index contributed by atoms with van der Waals surface area (Å²) in [4.78, 5) is 24.7. The molecule has 2 rings (SSSR count). The van der Waals surface area contributed by atoms with Crippen molar-refractivity contribution in [2.24, 2.45) is 0 Å². The summed E-state index contributed by atoms with van der Waals surface area (Å²) in [6, 6.07) is 14.7. The number of nitrogens with zero attached hydrogens (tertiary/aromatic N) is 1. The maximum atomic E-state index is 12.2. The van der Waals surface area contributed by atoms with E-state index in [1.807, 2.05) is 31.2 Å². The van der Waals surface area contributed by atoms with E-state index in [4.69, 9.17) is 5.11 Å². The van der Waals surface area contributed by atoms with Crippen molar-refractivity contribution in [1.29, 1.82) is 0 Å². The third-order valence-electron chi connectivity index (χ3n) is 3.92. The van der Waals surface area contributed by atoms with Crippen LogP contribution in [0.25, 0.3) is 0 Å². The van der Waals surface area contributed by atoms with Gasteiger partial charge in [-0.15, -0.1) is 0 Å². The SMILES string of the molecule is Cc1ccccc1CCC(=O)N(C)Cc1ccc(C(=O)O)cc1. The predicted octanol–water partition coefficient (Wildman–Crippen LogP) is 3.28. The molecule has 23 heavy (non-hydrogen) atoms. The maximum Gasteiger partial charge on any atom is 0.335 e. The number of benzene rings is 2. The summed E-state index contributed by atoms with van der Waals surface area (Å²) >= 11 is 0. The maximum absolute atomic E-state index is 12.2. The number of carbonyl (C=O) groups is 2. The molecule has 0 aliphatic heterocycles. The Bertz CT molecular complexity index is 692. The Morgan fingerprint density at radius 3 is 2.30 bits per heavy atom. The van der Waals surface area contributed by atoms with Gasteiger partial charge in [0.05, 0.1) is 5.56 Å². The van der Waals surface area contributed by atoms with Crippen molar-refractivity contribution in [3.63, 3.8) is 0 Å². The summed E-state index contributed by atoms with van der Waals surface area (Å²) in [6.07, 6.45) is 1.20. The molecule has 120 valence electrons. The highest BCUT2D eigenvalue weighted by Crippen LogP contribution is 2.12. The van der Waals surface area contributed by atoms with E-state index >= 15 is 0 Å². The topological polar surface area (TPSA) is 57.6 Å². The smallest absolute Gasteiger partial charge is 0.335 e. The fourth-order valence-corrected chi connectivity index (χ4v) is 2.44. The second kappa shape index (κ2) is 7.58. The zero-order chi connectivity index (χ0) is 16.8. The van der Waals surface area contributed by atoms with Crippen LogP contribution in [0.15, 0.2) is 48.5 Å². The average molecular weight is 311 g/mol. The Balaban J connectivity index is 1.89. The van der Waals surface area contributed by atoms with Gasteiger partial charge in [-0.25, -0.2) is 4.79 Å². The van der Waals surface area contributed by atoms with Crippen LogP contribution in [0.2, 0.25) is 0 Å². The van der Waals surface area contributed by atoms with Crippen LogP contribution in [-0.4, -0.2) is 28.9 Å². The van der Waals surface area contributed by atoms with Gasteiger partial charge in [0.1, 0.15) is 0 Å². The Morgan fingerprint density at radius 2 is 1.70 bits per heavy atom. The first-order valence-electron chi connectivity index (χ1n) is 7.58. The van der Waals surface area contributed by atoms with E-state index in [2.05, 4.69) is 0 Å². The van der Waals surface area contributed by atoms with E-state index < -0.39 is 5.97 Å². The van der Waals surface area contributed by atoms with Crippen molar-refractivity contribution < 1.29 is 14.7 Å². The molecule has 0 heterocycles. The molecular formula is C19H21NO3. The molecule has 0 spiro atoms. The lowest BCUT2D eigenvalue weighted by Crippen LogP contribution is -2.26. The second-order valence-corrected chi connectivity index (χ2v) is 5.68. The standard InChI is InChI=1S/C19H21NO3/c1-14-5-3-4-6-16(14)11-12-18(21)20(2)13-15-7-9-17(10-8-15)19(22)23/h3-10H,11-13H2,1-2H3,(H,22,23). The van der Waals surface area contributed by atoms with E-state index in [1.165, 1.54) is 11.1 Å². The van der Waals surface area contributed by atoms with E-state index in [1.54, 1.807) is 36.2 Å². The van der Waals surface area contributed by atoms with E-state index in [-0.39, 0.29) is 11.5 Å². The second-order valence-electron chi connectivity index (χ2n) is 5.68. The Labute approximate surface area is 136 Å². The summed E-state index contributed by atoms with van der Waals surface area (Å²) in [7, 11) is 1.77. The molecule has 1 amide bonds. The zero-order valence-electron chi connectivity index (χ0n) is 13.5. The highest BCUT2D eigenvalue weighted by Gasteiger charge is 2.11. The van der Waals surface area contributed by atoms with Gasteiger partial charge in [0, 0.05) is 20.0 Å². The molecule has 2 aromatic rings. The lowest BCUT2D eigenvalue weighted by molar-refractivity contribution is -0.130. The molecule has 0 saturated carbocycles. The summed E-state index contributed by atoms with van der Waals surface area (Å²) in [6.45, 7) is 2.53. The van der Waals surface area contributed by atoms with Gasteiger partial charge in [0.25, 0.3) is 0 Å². The molecule has 0 aliphatic carbocycles. The van der Waals surface area contributed by atoms with Gasteiger partial charge >= 0.3 is 5.97 Å². The number of aromatic carboxylic acids is 1. The summed E-state index contributed by atoms with van der Waals surface area (Å²) in [5, 5.41) is 8.88. The number of rotatable bonds is 6. The molecule has 4 nitrogen and oxygen atoms in total. The van der Waals surface area contributed by atoms with Crippen LogP contribution in [0.1, 0.15) is 33.5 Å². The van der Waals surface area contributed by atoms with Gasteiger partial charge in [-0.2, -0.15) is 0 Å². The fourth-order valence-electron chi connectivity index (χ4n) is 2.44. The van der Waals surface area contributed by atoms with E-state index in [0.29, 0.717) is 13.0 Å². The van der Waals surface area contributed by atoms with Crippen molar-refractivity contribution in [1.82, 2.24) is 4.90 Å². The third kappa shape index (κ3) is 4.68. The van der Waals surface area contributed by atoms with Crippen LogP contribution in [0.5, 0.6) is 0 Å². The third-order valence-corrected chi connectivity index (χ3v) is 3.92. The molecule has 0 aromatic heterocycles. The molecule has 0 atom stereocenters. The molecule has 4 heteroatoms. The average Bonchev–Trinajstić information content (AvgIpc) is 2.54. The number of carboxylic acid groups (broad SMARTS) is 1. The highest BCUT2D eigenvalue weighted by atomic mass is 16.4. The van der Waals surface area contributed by atoms with Gasteiger partial charge in [0.15, 0.2) is 0 Å². The lowest BCUT2D eigenvalue weighted by Gasteiger charge is -2.17. The van der Waals surface area contributed by atoms with E-state index in [0.717, 1.165) is 12.0 Å². The highest BCUT2D eigenvalue weighted by molar-refractivity contribution is 5.87. The van der Waals surface area contributed by atoms with E-state index in [9.17, 15) is 9.59 Å². The minimum atomic E-state index is -0.945. The van der Waals surface area contributed by atoms with Gasteiger partial charge in [0.2, 0.25) is 5.91 Å². The van der Waals surface area contributed by atoms with Crippen LogP contribution in [0.3, 0.4) is 0 Å². The lowest BCUT2D eigenvalue weighted by atomic mass is 10.0. The zero-order valence-corrected chi connectivity index (χ0v) is 13.5. The normalized spacial score (nSPS) is 10.3. The predicted molar refractivity (Wildman–Crippen MR) is 89.4 cm³/mol. The first kappa shape index (κ1) is 16.7. The van der Waals surface area contributed by atoms with Gasteiger partial charge in [-0.1, -0.05) is 36.4 Å². The Hall–Kier alpha value is -2.62. The van der Waals surface area contributed by atoms with Crippen molar-refractivity contribution in [3.05, 3.63) is 70.8 Å². The molecule has 0 saturated heterocycles. The Kier molecular flexibility index (Phi) is 5.52. The molecular weight excluding hydrogens is 290 g/mol. The van der Waals surface area contributed by atoms with Crippen molar-refractivity contribution in [2.75, 3.05) is 7.05 Å². The molecule has 0 fully saturated rings. The van der Waals surface area contributed by atoms with Crippen LogP contribution in [0, 0.1) is 6.92 Å². The molecule has 0 radical (unpaired) electrons. The first-order valence-corrected chi connectivity index (χ1v) is 7.58. The quantitative estimate of drug-likeness (QED) is 0.890. The fraction of sp³-hybridized carbons (Fsp3) is 0.263. The van der Waals surface area contributed by atoms with Gasteiger partial charge in [-0.3, -0.25) is 4.79 Å². The number of hydrogen-bond acceptors (Lipinski definition) is 2. The van der Waals surface area contributed by atoms with Crippen molar-refractivity contribution >= 4 is 11.9 Å². The summed E-state index contributed by atoms with van der Waals surface area (Å²) < 4.78 is 0.